The minimum atomic E-state index is -0.149. The first-order valence-corrected chi connectivity index (χ1v) is 9.46. The van der Waals surface area contributed by atoms with Gasteiger partial charge in [0.05, 0.1) is 6.61 Å². The van der Waals surface area contributed by atoms with Gasteiger partial charge in [-0.25, -0.2) is 0 Å². The molecule has 0 fully saturated rings. The molecule has 0 bridgehead atoms. The number of thioether (sulfide) groups is 2. The van der Waals surface area contributed by atoms with Crippen LogP contribution in [-0.2, 0) is 9.59 Å². The monoisotopic (exact) mass is 320 g/mol. The van der Waals surface area contributed by atoms with E-state index in [1.165, 1.54) is 23.5 Å². The molecule has 0 heterocycles. The maximum atomic E-state index is 11.7. The van der Waals surface area contributed by atoms with Gasteiger partial charge in [0.1, 0.15) is 0 Å². The molecule has 0 saturated heterocycles. The van der Waals surface area contributed by atoms with Gasteiger partial charge < -0.3 is 5.11 Å². The van der Waals surface area contributed by atoms with Gasteiger partial charge in [0.25, 0.3) is 0 Å². The number of aliphatic hydroxyl groups excluding tert-OH is 1. The second-order valence-electron chi connectivity index (χ2n) is 4.89. The average Bonchev–Trinajstić information content (AvgIpc) is 2.44. The fraction of sp³-hybridized carbons (Fsp3) is 0.867. The number of unbranched alkanes of at least 4 members (excludes halogenated alkanes) is 4. The Morgan fingerprint density at radius 3 is 2.00 bits per heavy atom. The van der Waals surface area contributed by atoms with Crippen LogP contribution in [0.4, 0.5) is 0 Å². The van der Waals surface area contributed by atoms with Crippen molar-refractivity contribution in [2.24, 2.45) is 0 Å². The first-order chi connectivity index (χ1) is 9.63. The third kappa shape index (κ3) is 11.8. The molecule has 118 valence electrons. The van der Waals surface area contributed by atoms with Crippen LogP contribution in [0.25, 0.3) is 0 Å². The summed E-state index contributed by atoms with van der Waals surface area (Å²) in [6, 6.07) is 0. The van der Waals surface area contributed by atoms with Gasteiger partial charge in [-0.1, -0.05) is 63.1 Å². The molecule has 0 radical (unpaired) electrons. The summed E-state index contributed by atoms with van der Waals surface area (Å²) in [7, 11) is 0. The summed E-state index contributed by atoms with van der Waals surface area (Å²) < 4.78 is 0. The molecule has 0 saturated carbocycles. The Labute approximate surface area is 131 Å². The van der Waals surface area contributed by atoms with E-state index in [2.05, 4.69) is 13.8 Å². The quantitative estimate of drug-likeness (QED) is 0.550. The van der Waals surface area contributed by atoms with Gasteiger partial charge in [-0.15, -0.1) is 0 Å². The highest BCUT2D eigenvalue weighted by Crippen LogP contribution is 2.21. The SMILES string of the molecule is CCCCCC(=O)SC[C@H](CO)SC(=O)CCCCC. The van der Waals surface area contributed by atoms with Crippen LogP contribution < -0.4 is 0 Å². The summed E-state index contributed by atoms with van der Waals surface area (Å²) >= 11 is 2.46. The molecule has 0 aliphatic rings. The summed E-state index contributed by atoms with van der Waals surface area (Å²) in [4.78, 5) is 23.3. The molecular weight excluding hydrogens is 292 g/mol. The Bertz CT molecular complexity index is 270. The van der Waals surface area contributed by atoms with E-state index in [-0.39, 0.29) is 22.1 Å². The molecule has 5 heteroatoms. The summed E-state index contributed by atoms with van der Waals surface area (Å²) in [5.74, 6) is 0.533. The predicted molar refractivity (Wildman–Crippen MR) is 89.2 cm³/mol. The summed E-state index contributed by atoms with van der Waals surface area (Å²) in [5.41, 5.74) is 0. The number of carbonyl (C=O) groups is 2. The molecule has 0 unspecified atom stereocenters. The van der Waals surface area contributed by atoms with Gasteiger partial charge in [-0.2, -0.15) is 0 Å². The van der Waals surface area contributed by atoms with E-state index in [4.69, 9.17) is 0 Å². The number of rotatable bonds is 12. The van der Waals surface area contributed by atoms with Gasteiger partial charge in [0.2, 0.25) is 0 Å². The van der Waals surface area contributed by atoms with E-state index in [0.717, 1.165) is 38.5 Å². The highest BCUT2D eigenvalue weighted by atomic mass is 32.2. The van der Waals surface area contributed by atoms with Crippen molar-refractivity contribution in [2.75, 3.05) is 12.4 Å². The van der Waals surface area contributed by atoms with E-state index in [1.54, 1.807) is 0 Å². The van der Waals surface area contributed by atoms with Crippen LogP contribution in [0.3, 0.4) is 0 Å². The van der Waals surface area contributed by atoms with Crippen LogP contribution >= 0.6 is 23.5 Å². The molecule has 0 spiro atoms. The third-order valence-electron chi connectivity index (χ3n) is 2.90. The Hall–Kier alpha value is -0.0000000000000000555. The highest BCUT2D eigenvalue weighted by molar-refractivity contribution is 8.17. The summed E-state index contributed by atoms with van der Waals surface area (Å²) in [5, 5.41) is 9.44. The molecule has 1 atom stereocenters. The minimum Gasteiger partial charge on any atom is -0.395 e. The molecule has 20 heavy (non-hydrogen) atoms. The van der Waals surface area contributed by atoms with E-state index in [9.17, 15) is 14.7 Å². The van der Waals surface area contributed by atoms with Crippen molar-refractivity contribution in [3.05, 3.63) is 0 Å². The molecule has 0 aromatic rings. The minimum absolute atomic E-state index is 0.0422. The molecule has 0 amide bonds. The number of carbonyl (C=O) groups excluding carboxylic acids is 2. The molecule has 1 N–H and O–H groups in total. The number of hydrogen-bond acceptors (Lipinski definition) is 5. The number of hydrogen-bond donors (Lipinski definition) is 1. The largest absolute Gasteiger partial charge is 0.395 e. The molecule has 0 aliphatic carbocycles. The van der Waals surface area contributed by atoms with E-state index < -0.39 is 0 Å². The van der Waals surface area contributed by atoms with Crippen molar-refractivity contribution in [2.45, 2.75) is 70.5 Å². The zero-order chi connectivity index (χ0) is 15.2. The molecule has 0 aromatic heterocycles. The molecule has 0 aromatic carbocycles. The number of aliphatic hydroxyl groups is 1. The summed E-state index contributed by atoms with van der Waals surface area (Å²) in [6.45, 7) is 4.18. The van der Waals surface area contributed by atoms with Crippen molar-refractivity contribution in [1.82, 2.24) is 0 Å². The molecule has 3 nitrogen and oxygen atoms in total. The van der Waals surface area contributed by atoms with Crippen LogP contribution in [0, 0.1) is 0 Å². The maximum Gasteiger partial charge on any atom is 0.189 e. The van der Waals surface area contributed by atoms with Crippen LogP contribution in [0.1, 0.15) is 65.2 Å². The summed E-state index contributed by atoms with van der Waals surface area (Å²) in [6.07, 6.45) is 7.40. The third-order valence-corrected chi connectivity index (χ3v) is 5.32. The molecule has 0 aliphatic heterocycles. The Kier molecular flexibility index (Phi) is 14.0. The van der Waals surface area contributed by atoms with E-state index >= 15 is 0 Å². The first kappa shape index (κ1) is 20.0. The van der Waals surface area contributed by atoms with Gasteiger partial charge in [-0.3, -0.25) is 9.59 Å². The predicted octanol–water partition coefficient (Wildman–Crippen LogP) is 4.03. The Morgan fingerprint density at radius 2 is 1.50 bits per heavy atom. The van der Waals surface area contributed by atoms with Gasteiger partial charge in [-0.05, 0) is 12.8 Å². The van der Waals surface area contributed by atoms with Crippen LogP contribution in [0.15, 0.2) is 0 Å². The lowest BCUT2D eigenvalue weighted by molar-refractivity contribution is -0.112. The lowest BCUT2D eigenvalue weighted by atomic mass is 10.2. The van der Waals surface area contributed by atoms with Gasteiger partial charge in [0, 0.05) is 23.8 Å². The normalized spacial score (nSPS) is 12.3. The highest BCUT2D eigenvalue weighted by Gasteiger charge is 2.15. The zero-order valence-electron chi connectivity index (χ0n) is 12.7. The van der Waals surface area contributed by atoms with Crippen molar-refractivity contribution < 1.29 is 14.7 Å². The van der Waals surface area contributed by atoms with Crippen LogP contribution in [0.2, 0.25) is 0 Å². The maximum absolute atomic E-state index is 11.7. The van der Waals surface area contributed by atoms with Crippen LogP contribution in [0.5, 0.6) is 0 Å². The zero-order valence-corrected chi connectivity index (χ0v) is 14.4. The Morgan fingerprint density at radius 1 is 0.950 bits per heavy atom. The first-order valence-electron chi connectivity index (χ1n) is 7.59. The van der Waals surface area contributed by atoms with Crippen molar-refractivity contribution in [3.8, 4) is 0 Å². The van der Waals surface area contributed by atoms with Gasteiger partial charge >= 0.3 is 0 Å². The van der Waals surface area contributed by atoms with Crippen LogP contribution in [-0.4, -0.2) is 32.9 Å². The standard InChI is InChI=1S/C15H28O3S2/c1-3-5-7-9-14(17)19-12-13(11-16)20-15(18)10-8-6-4-2/h13,16H,3-12H2,1-2H3/t13-/m0/s1. The lowest BCUT2D eigenvalue weighted by Crippen LogP contribution is -2.16. The average molecular weight is 321 g/mol. The second-order valence-corrected chi connectivity index (χ2v) is 7.33. The van der Waals surface area contributed by atoms with Crippen molar-refractivity contribution in [1.29, 1.82) is 0 Å². The van der Waals surface area contributed by atoms with Gasteiger partial charge in [0.15, 0.2) is 10.2 Å². The van der Waals surface area contributed by atoms with E-state index in [1.807, 2.05) is 0 Å². The topological polar surface area (TPSA) is 54.4 Å². The smallest absolute Gasteiger partial charge is 0.189 e. The molecule has 0 rings (SSSR count). The fourth-order valence-electron chi connectivity index (χ4n) is 1.67. The second kappa shape index (κ2) is 14.0. The lowest BCUT2D eigenvalue weighted by Gasteiger charge is -2.11. The van der Waals surface area contributed by atoms with Crippen molar-refractivity contribution >= 4 is 33.8 Å². The Balaban J connectivity index is 3.79. The molecular formula is C15H28O3S2. The fourth-order valence-corrected chi connectivity index (χ4v) is 3.62. The van der Waals surface area contributed by atoms with Crippen molar-refractivity contribution in [3.63, 3.8) is 0 Å². The van der Waals surface area contributed by atoms with E-state index in [0.29, 0.717) is 18.6 Å².